The molecule has 0 aliphatic carbocycles. The van der Waals surface area contributed by atoms with Crippen LogP contribution in [-0.4, -0.2) is 40.2 Å². The number of carboxylic acids is 1. The van der Waals surface area contributed by atoms with Gasteiger partial charge in [0.25, 0.3) is 11.6 Å². The van der Waals surface area contributed by atoms with E-state index < -0.39 is 22.5 Å². The highest BCUT2D eigenvalue weighted by atomic mass is 16.6. The van der Waals surface area contributed by atoms with Crippen LogP contribution in [0.5, 0.6) is 0 Å². The maximum absolute atomic E-state index is 11.5. The number of nitro benzene ring substituents is 1. The maximum atomic E-state index is 11.5. The van der Waals surface area contributed by atoms with Crippen molar-refractivity contribution in [2.24, 2.45) is 0 Å². The van der Waals surface area contributed by atoms with Crippen molar-refractivity contribution in [1.29, 1.82) is 0 Å². The lowest BCUT2D eigenvalue weighted by molar-refractivity contribution is -0.384. The van der Waals surface area contributed by atoms with Gasteiger partial charge < -0.3 is 15.5 Å². The zero-order chi connectivity index (χ0) is 13.7. The lowest BCUT2D eigenvalue weighted by Crippen LogP contribution is -2.26. The summed E-state index contributed by atoms with van der Waals surface area (Å²) in [6.45, 7) is -0.309. The van der Waals surface area contributed by atoms with Crippen molar-refractivity contribution in [3.8, 4) is 0 Å². The van der Waals surface area contributed by atoms with Crippen molar-refractivity contribution in [2.75, 3.05) is 13.2 Å². The van der Waals surface area contributed by atoms with Crippen molar-refractivity contribution in [3.63, 3.8) is 0 Å². The zero-order valence-electron chi connectivity index (χ0n) is 9.12. The number of carbonyl (C=O) groups excluding carboxylic acids is 1. The molecule has 1 amide bonds. The van der Waals surface area contributed by atoms with Crippen molar-refractivity contribution < 1.29 is 24.7 Å². The van der Waals surface area contributed by atoms with Crippen molar-refractivity contribution >= 4 is 17.6 Å². The zero-order valence-corrected chi connectivity index (χ0v) is 9.12. The second kappa shape index (κ2) is 5.73. The summed E-state index contributed by atoms with van der Waals surface area (Å²) in [4.78, 5) is 32.1. The molecule has 1 aromatic rings. The Morgan fingerprint density at radius 1 is 1.28 bits per heavy atom. The van der Waals surface area contributed by atoms with E-state index in [0.29, 0.717) is 0 Å². The number of benzene rings is 1. The number of carbonyl (C=O) groups is 2. The van der Waals surface area contributed by atoms with Crippen LogP contribution in [0.15, 0.2) is 18.2 Å². The molecule has 0 saturated carbocycles. The highest BCUT2D eigenvalue weighted by Crippen LogP contribution is 2.17. The molecule has 96 valence electrons. The average Bonchev–Trinajstić information content (AvgIpc) is 2.35. The minimum absolute atomic E-state index is 0.0239. The van der Waals surface area contributed by atoms with Gasteiger partial charge >= 0.3 is 5.97 Å². The van der Waals surface area contributed by atoms with Crippen molar-refractivity contribution in [1.82, 2.24) is 5.32 Å². The Kier molecular flexibility index (Phi) is 4.33. The Morgan fingerprint density at radius 3 is 2.39 bits per heavy atom. The summed E-state index contributed by atoms with van der Waals surface area (Å²) in [5.74, 6) is -2.05. The molecule has 0 saturated heterocycles. The Hall–Kier alpha value is -2.48. The van der Waals surface area contributed by atoms with Gasteiger partial charge in [-0.3, -0.25) is 14.9 Å². The fourth-order valence-electron chi connectivity index (χ4n) is 1.24. The van der Waals surface area contributed by atoms with Gasteiger partial charge in [0.05, 0.1) is 17.1 Å². The molecule has 18 heavy (non-hydrogen) atoms. The van der Waals surface area contributed by atoms with Crippen LogP contribution in [0.1, 0.15) is 20.7 Å². The summed E-state index contributed by atoms with van der Waals surface area (Å²) in [7, 11) is 0. The molecule has 3 N–H and O–H groups in total. The monoisotopic (exact) mass is 254 g/mol. The minimum Gasteiger partial charge on any atom is -0.478 e. The predicted octanol–water partition coefficient (Wildman–Crippen LogP) is 0.0151. The fraction of sp³-hybridized carbons (Fsp3) is 0.200. The van der Waals surface area contributed by atoms with Gasteiger partial charge in [-0.05, 0) is 6.07 Å². The first-order valence-electron chi connectivity index (χ1n) is 4.87. The van der Waals surface area contributed by atoms with Gasteiger partial charge in [0.15, 0.2) is 0 Å². The van der Waals surface area contributed by atoms with Crippen LogP contribution in [0.2, 0.25) is 0 Å². The summed E-state index contributed by atoms with van der Waals surface area (Å²) in [5.41, 5.74) is -0.975. The van der Waals surface area contributed by atoms with Crippen LogP contribution < -0.4 is 5.32 Å². The number of carboxylic acid groups (broad SMARTS) is 1. The predicted molar refractivity (Wildman–Crippen MR) is 59.5 cm³/mol. The molecule has 0 fully saturated rings. The van der Waals surface area contributed by atoms with Crippen LogP contribution in [0.25, 0.3) is 0 Å². The molecule has 0 aliphatic rings. The van der Waals surface area contributed by atoms with Crippen LogP contribution >= 0.6 is 0 Å². The SMILES string of the molecule is O=C(O)c1cc(C(=O)NCCO)cc([N+](=O)[O-])c1. The maximum Gasteiger partial charge on any atom is 0.335 e. The van der Waals surface area contributed by atoms with E-state index >= 15 is 0 Å². The molecule has 1 rings (SSSR count). The number of rotatable bonds is 5. The quantitative estimate of drug-likeness (QED) is 0.501. The highest BCUT2D eigenvalue weighted by Gasteiger charge is 2.17. The lowest BCUT2D eigenvalue weighted by Gasteiger charge is -2.04. The second-order valence-electron chi connectivity index (χ2n) is 3.31. The van der Waals surface area contributed by atoms with Gasteiger partial charge in [-0.2, -0.15) is 0 Å². The van der Waals surface area contributed by atoms with E-state index in [1.54, 1.807) is 0 Å². The number of nitro groups is 1. The van der Waals surface area contributed by atoms with Crippen molar-refractivity contribution in [3.05, 3.63) is 39.4 Å². The fourth-order valence-corrected chi connectivity index (χ4v) is 1.24. The van der Waals surface area contributed by atoms with E-state index in [1.807, 2.05) is 0 Å². The van der Waals surface area contributed by atoms with Crippen LogP contribution in [-0.2, 0) is 0 Å². The second-order valence-corrected chi connectivity index (χ2v) is 3.31. The number of hydrogen-bond donors (Lipinski definition) is 3. The largest absolute Gasteiger partial charge is 0.478 e. The third-order valence-corrected chi connectivity index (χ3v) is 2.04. The van der Waals surface area contributed by atoms with E-state index in [0.717, 1.165) is 18.2 Å². The molecule has 0 aromatic heterocycles. The van der Waals surface area contributed by atoms with Gasteiger partial charge in [0.2, 0.25) is 0 Å². The number of hydrogen-bond acceptors (Lipinski definition) is 5. The first kappa shape index (κ1) is 13.6. The topological polar surface area (TPSA) is 130 Å². The number of nitrogens with zero attached hydrogens (tertiary/aromatic N) is 1. The van der Waals surface area contributed by atoms with Gasteiger partial charge in [0, 0.05) is 24.2 Å². The number of aliphatic hydroxyl groups excluding tert-OH is 1. The molecule has 0 atom stereocenters. The Bertz CT molecular complexity index is 467. The number of non-ortho nitro benzene ring substituents is 1. The summed E-state index contributed by atoms with van der Waals surface area (Å²) < 4.78 is 0. The van der Waals surface area contributed by atoms with Gasteiger partial charge in [-0.1, -0.05) is 0 Å². The average molecular weight is 254 g/mol. The normalized spacial score (nSPS) is 9.83. The molecule has 0 spiro atoms. The standard InChI is InChI=1S/C10H10N2O6/c13-2-1-11-9(14)6-3-7(10(15)16)5-8(4-6)12(17)18/h3-5,13H,1-2H2,(H,11,14)(H,15,16). The van der Waals surface area contributed by atoms with Gasteiger partial charge in [-0.15, -0.1) is 0 Å². The van der Waals surface area contributed by atoms with E-state index in [9.17, 15) is 19.7 Å². The Morgan fingerprint density at radius 2 is 1.89 bits per heavy atom. The van der Waals surface area contributed by atoms with E-state index in [2.05, 4.69) is 5.32 Å². The van der Waals surface area contributed by atoms with E-state index in [1.165, 1.54) is 0 Å². The first-order valence-corrected chi connectivity index (χ1v) is 4.87. The molecule has 0 aliphatic heterocycles. The number of amides is 1. The van der Waals surface area contributed by atoms with Crippen LogP contribution in [0, 0.1) is 10.1 Å². The first-order chi connectivity index (χ1) is 8.45. The Labute approximate surface area is 101 Å². The molecular formula is C10H10N2O6. The molecule has 0 bridgehead atoms. The Balaban J connectivity index is 3.14. The van der Waals surface area contributed by atoms with Crippen LogP contribution in [0.3, 0.4) is 0 Å². The molecule has 8 nitrogen and oxygen atoms in total. The number of aliphatic hydroxyl groups is 1. The lowest BCUT2D eigenvalue weighted by atomic mass is 10.1. The highest BCUT2D eigenvalue weighted by molar-refractivity contribution is 5.98. The number of aromatic carboxylic acids is 1. The van der Waals surface area contributed by atoms with Gasteiger partial charge in [0.1, 0.15) is 0 Å². The van der Waals surface area contributed by atoms with E-state index in [-0.39, 0.29) is 24.3 Å². The number of nitrogens with one attached hydrogen (secondary N) is 1. The summed E-state index contributed by atoms with van der Waals surface area (Å²) in [6, 6.07) is 2.87. The smallest absolute Gasteiger partial charge is 0.335 e. The molecule has 0 radical (unpaired) electrons. The van der Waals surface area contributed by atoms with E-state index in [4.69, 9.17) is 10.2 Å². The third-order valence-electron chi connectivity index (χ3n) is 2.04. The van der Waals surface area contributed by atoms with Crippen LogP contribution in [0.4, 0.5) is 5.69 Å². The summed E-state index contributed by atoms with van der Waals surface area (Å²) in [6.07, 6.45) is 0. The third kappa shape index (κ3) is 3.25. The molecule has 1 aromatic carbocycles. The summed E-state index contributed by atoms with van der Waals surface area (Å²) >= 11 is 0. The van der Waals surface area contributed by atoms with Crippen molar-refractivity contribution in [2.45, 2.75) is 0 Å². The molecule has 0 unspecified atom stereocenters. The summed E-state index contributed by atoms with van der Waals surface area (Å²) in [5, 5.41) is 30.2. The minimum atomic E-state index is -1.37. The molecular weight excluding hydrogens is 244 g/mol. The molecule has 8 heteroatoms. The van der Waals surface area contributed by atoms with Gasteiger partial charge in [-0.25, -0.2) is 4.79 Å². The molecule has 0 heterocycles.